The van der Waals surface area contributed by atoms with Crippen LogP contribution >= 0.6 is 0 Å². The van der Waals surface area contributed by atoms with Crippen molar-refractivity contribution in [3.63, 3.8) is 0 Å². The molecule has 2 aromatic heterocycles. The summed E-state index contributed by atoms with van der Waals surface area (Å²) in [5, 5.41) is 17.5. The third-order valence-corrected chi connectivity index (χ3v) is 5.53. The van der Waals surface area contributed by atoms with Crippen LogP contribution in [0, 0.1) is 0 Å². The lowest BCUT2D eigenvalue weighted by atomic mass is 10.2. The Kier molecular flexibility index (Phi) is 5.71. The topological polar surface area (TPSA) is 99.8 Å². The molecule has 1 fully saturated rings. The Labute approximate surface area is 197 Å². The molecule has 0 saturated heterocycles. The molecule has 0 radical (unpaired) electrons. The first-order valence-electron chi connectivity index (χ1n) is 10.9. The van der Waals surface area contributed by atoms with Crippen molar-refractivity contribution in [3.05, 3.63) is 72.3 Å². The SMILES string of the molecule is CC(Oc1ccc(-n2cnnn2)cc1)C(=O)Nc1ccc(-n2nc(C(F)(F)F)cc2C2CC2)cc1. The number of rotatable bonds is 7. The van der Waals surface area contributed by atoms with Crippen molar-refractivity contribution < 1.29 is 22.7 Å². The first kappa shape index (κ1) is 22.6. The molecule has 0 spiro atoms. The van der Waals surface area contributed by atoms with E-state index in [0.29, 0.717) is 22.8 Å². The summed E-state index contributed by atoms with van der Waals surface area (Å²) in [7, 11) is 0. The molecule has 1 atom stereocenters. The smallest absolute Gasteiger partial charge is 0.435 e. The normalized spacial score (nSPS) is 14.5. The first-order chi connectivity index (χ1) is 16.8. The number of halogens is 3. The van der Waals surface area contributed by atoms with Gasteiger partial charge in [0, 0.05) is 17.3 Å². The Bertz CT molecular complexity index is 1310. The van der Waals surface area contributed by atoms with Crippen LogP contribution in [0.1, 0.15) is 37.1 Å². The van der Waals surface area contributed by atoms with Crippen LogP contribution in [-0.4, -0.2) is 42.0 Å². The second kappa shape index (κ2) is 8.85. The summed E-state index contributed by atoms with van der Waals surface area (Å²) in [4.78, 5) is 12.6. The number of carbonyl (C=O) groups excluding carboxylic acids is 1. The van der Waals surface area contributed by atoms with Gasteiger partial charge in [0.15, 0.2) is 11.8 Å². The summed E-state index contributed by atoms with van der Waals surface area (Å²) in [5.41, 5.74) is 1.35. The number of amides is 1. The number of tetrazole rings is 1. The highest BCUT2D eigenvalue weighted by molar-refractivity contribution is 5.94. The summed E-state index contributed by atoms with van der Waals surface area (Å²) in [5.74, 6) is 0.198. The molecule has 1 saturated carbocycles. The molecule has 9 nitrogen and oxygen atoms in total. The third-order valence-electron chi connectivity index (χ3n) is 5.53. The van der Waals surface area contributed by atoms with Gasteiger partial charge in [-0.15, -0.1) is 5.10 Å². The van der Waals surface area contributed by atoms with Crippen LogP contribution in [0.5, 0.6) is 5.75 Å². The average molecular weight is 483 g/mol. The third kappa shape index (κ3) is 5.00. The molecular weight excluding hydrogens is 463 g/mol. The molecule has 1 aliphatic rings. The fourth-order valence-corrected chi connectivity index (χ4v) is 3.56. The highest BCUT2D eigenvalue weighted by Crippen LogP contribution is 2.43. The molecule has 1 aliphatic carbocycles. The van der Waals surface area contributed by atoms with E-state index in [2.05, 4.69) is 25.9 Å². The number of carbonyl (C=O) groups is 1. The minimum Gasteiger partial charge on any atom is -0.481 e. The standard InChI is InChI=1S/C23H20F3N7O2/c1-14(35-19-10-8-17(9-11-19)32-13-27-30-31-32)22(34)28-16-4-6-18(7-5-16)33-20(15-2-3-15)12-21(29-33)23(24,25)26/h4-15H,2-3H2,1H3,(H,28,34). The minimum atomic E-state index is -4.51. The van der Waals surface area contributed by atoms with Gasteiger partial charge in [0.2, 0.25) is 0 Å². The maximum atomic E-state index is 13.2. The molecule has 180 valence electrons. The number of alkyl halides is 3. The van der Waals surface area contributed by atoms with Gasteiger partial charge in [0.25, 0.3) is 5.91 Å². The second-order valence-corrected chi connectivity index (χ2v) is 8.18. The number of nitrogens with zero attached hydrogens (tertiary/aromatic N) is 6. The molecule has 0 bridgehead atoms. The molecule has 0 aliphatic heterocycles. The number of hydrogen-bond donors (Lipinski definition) is 1. The highest BCUT2D eigenvalue weighted by atomic mass is 19.4. The Balaban J connectivity index is 1.23. The number of anilines is 1. The summed E-state index contributed by atoms with van der Waals surface area (Å²) in [6, 6.07) is 14.5. The van der Waals surface area contributed by atoms with E-state index >= 15 is 0 Å². The van der Waals surface area contributed by atoms with Crippen LogP contribution in [0.4, 0.5) is 18.9 Å². The summed E-state index contributed by atoms with van der Waals surface area (Å²) in [6.45, 7) is 1.61. The molecule has 4 aromatic rings. The van der Waals surface area contributed by atoms with E-state index in [-0.39, 0.29) is 11.8 Å². The number of ether oxygens (including phenoxy) is 1. The first-order valence-corrected chi connectivity index (χ1v) is 10.9. The largest absolute Gasteiger partial charge is 0.481 e. The van der Waals surface area contributed by atoms with Crippen molar-refractivity contribution in [1.82, 2.24) is 30.0 Å². The number of nitrogens with one attached hydrogen (secondary N) is 1. The quantitative estimate of drug-likeness (QED) is 0.424. The second-order valence-electron chi connectivity index (χ2n) is 8.18. The van der Waals surface area contributed by atoms with Crippen LogP contribution in [0.15, 0.2) is 60.9 Å². The lowest BCUT2D eigenvalue weighted by molar-refractivity contribution is -0.141. The van der Waals surface area contributed by atoms with Crippen LogP contribution in [-0.2, 0) is 11.0 Å². The van der Waals surface area contributed by atoms with E-state index in [1.807, 2.05) is 0 Å². The van der Waals surface area contributed by atoms with E-state index in [0.717, 1.165) is 24.6 Å². The molecule has 1 unspecified atom stereocenters. The molecule has 2 aromatic carbocycles. The molecular formula is C23H20F3N7O2. The predicted molar refractivity (Wildman–Crippen MR) is 118 cm³/mol. The van der Waals surface area contributed by atoms with E-state index in [4.69, 9.17) is 4.74 Å². The Hall–Kier alpha value is -4.22. The van der Waals surface area contributed by atoms with Crippen LogP contribution in [0.25, 0.3) is 11.4 Å². The number of benzene rings is 2. The van der Waals surface area contributed by atoms with Gasteiger partial charge in [0.05, 0.1) is 11.4 Å². The zero-order valence-electron chi connectivity index (χ0n) is 18.5. The van der Waals surface area contributed by atoms with Crippen molar-refractivity contribution in [1.29, 1.82) is 0 Å². The molecule has 12 heteroatoms. The van der Waals surface area contributed by atoms with E-state index < -0.39 is 18.0 Å². The van der Waals surface area contributed by atoms with Crippen molar-refractivity contribution >= 4 is 11.6 Å². The number of aromatic nitrogens is 6. The fourth-order valence-electron chi connectivity index (χ4n) is 3.56. The van der Waals surface area contributed by atoms with Gasteiger partial charge in [0.1, 0.15) is 12.1 Å². The van der Waals surface area contributed by atoms with E-state index in [1.54, 1.807) is 55.5 Å². The van der Waals surface area contributed by atoms with Gasteiger partial charge < -0.3 is 10.1 Å². The number of hydrogen-bond acceptors (Lipinski definition) is 6. The average Bonchev–Trinajstić information content (AvgIpc) is 3.33. The van der Waals surface area contributed by atoms with Gasteiger partial charge in [-0.25, -0.2) is 9.36 Å². The zero-order chi connectivity index (χ0) is 24.6. The zero-order valence-corrected chi connectivity index (χ0v) is 18.5. The van der Waals surface area contributed by atoms with Crippen LogP contribution in [0.2, 0.25) is 0 Å². The lowest BCUT2D eigenvalue weighted by Crippen LogP contribution is -2.30. The monoisotopic (exact) mass is 483 g/mol. The van der Waals surface area contributed by atoms with Crippen molar-refractivity contribution in [3.8, 4) is 17.1 Å². The molecule has 5 rings (SSSR count). The Morgan fingerprint density at radius 2 is 1.77 bits per heavy atom. The summed E-state index contributed by atoms with van der Waals surface area (Å²) < 4.78 is 48.0. The maximum absolute atomic E-state index is 13.2. The van der Waals surface area contributed by atoms with E-state index in [1.165, 1.54) is 15.7 Å². The summed E-state index contributed by atoms with van der Waals surface area (Å²) >= 11 is 0. The van der Waals surface area contributed by atoms with Crippen molar-refractivity contribution in [2.45, 2.75) is 38.0 Å². The molecule has 1 amide bonds. The summed E-state index contributed by atoms with van der Waals surface area (Å²) in [6.07, 6.45) is -2.15. The highest BCUT2D eigenvalue weighted by Gasteiger charge is 2.38. The van der Waals surface area contributed by atoms with Gasteiger partial charge >= 0.3 is 6.18 Å². The molecule has 2 heterocycles. The fraction of sp³-hybridized carbons (Fsp3) is 0.261. The van der Waals surface area contributed by atoms with Crippen LogP contribution in [0.3, 0.4) is 0 Å². The van der Waals surface area contributed by atoms with Gasteiger partial charge in [-0.05, 0) is 84.8 Å². The van der Waals surface area contributed by atoms with Gasteiger partial charge in [-0.2, -0.15) is 18.3 Å². The van der Waals surface area contributed by atoms with Crippen molar-refractivity contribution in [2.75, 3.05) is 5.32 Å². The Morgan fingerprint density at radius 3 is 2.37 bits per heavy atom. The van der Waals surface area contributed by atoms with Gasteiger partial charge in [-0.1, -0.05) is 0 Å². The minimum absolute atomic E-state index is 0.0814. The van der Waals surface area contributed by atoms with E-state index in [9.17, 15) is 18.0 Å². The molecule has 1 N–H and O–H groups in total. The van der Waals surface area contributed by atoms with Gasteiger partial charge in [-0.3, -0.25) is 4.79 Å². The lowest BCUT2D eigenvalue weighted by Gasteiger charge is -2.15. The maximum Gasteiger partial charge on any atom is 0.435 e. The van der Waals surface area contributed by atoms with Crippen LogP contribution < -0.4 is 10.1 Å². The van der Waals surface area contributed by atoms with Crippen molar-refractivity contribution in [2.24, 2.45) is 0 Å². The predicted octanol–water partition coefficient (Wildman–Crippen LogP) is 4.15. The Morgan fingerprint density at radius 1 is 1.09 bits per heavy atom. The molecule has 35 heavy (non-hydrogen) atoms.